The fraction of sp³-hybridized carbons (Fsp3) is 0.556. The minimum Gasteiger partial charge on any atom is -0.377 e. The van der Waals surface area contributed by atoms with Gasteiger partial charge in [0.25, 0.3) is 5.91 Å². The molecule has 2 rings (SSSR count). The Hall–Kier alpha value is -2.04. The molecule has 0 aromatic heterocycles. The number of anilines is 2. The van der Waals surface area contributed by atoms with Gasteiger partial charge in [-0.05, 0) is 44.9 Å². The van der Waals surface area contributed by atoms with Crippen LogP contribution in [0.3, 0.4) is 0 Å². The third-order valence-electron chi connectivity index (χ3n) is 4.50. The van der Waals surface area contributed by atoms with Crippen molar-refractivity contribution < 1.29 is 9.59 Å². The van der Waals surface area contributed by atoms with Crippen LogP contribution in [0.25, 0.3) is 0 Å². The third kappa shape index (κ3) is 3.84. The molecule has 1 aliphatic carbocycles. The second-order valence-electron chi connectivity index (χ2n) is 6.22. The Morgan fingerprint density at radius 1 is 1.17 bits per heavy atom. The third-order valence-corrected chi connectivity index (χ3v) is 4.50. The lowest BCUT2D eigenvalue weighted by Crippen LogP contribution is -2.32. The van der Waals surface area contributed by atoms with Crippen molar-refractivity contribution in [3.05, 3.63) is 23.8 Å². The molecule has 1 N–H and O–H groups in total. The number of carbonyl (C=O) groups excluding carboxylic acids is 2. The highest BCUT2D eigenvalue weighted by Crippen LogP contribution is 2.29. The van der Waals surface area contributed by atoms with Crippen LogP contribution in [0.5, 0.6) is 0 Å². The highest BCUT2D eigenvalue weighted by Gasteiger charge is 2.26. The van der Waals surface area contributed by atoms with Crippen LogP contribution in [0.15, 0.2) is 18.2 Å². The number of amides is 2. The smallest absolute Gasteiger partial charge is 0.256 e. The van der Waals surface area contributed by atoms with E-state index in [1.54, 1.807) is 11.0 Å². The zero-order valence-electron chi connectivity index (χ0n) is 14.6. The summed E-state index contributed by atoms with van der Waals surface area (Å²) in [6.45, 7) is 5.28. The van der Waals surface area contributed by atoms with Crippen molar-refractivity contribution in [3.8, 4) is 0 Å². The number of benzene rings is 1. The summed E-state index contributed by atoms with van der Waals surface area (Å²) in [5, 5.41) is 2.95. The lowest BCUT2D eigenvalue weighted by atomic mass is 9.85. The van der Waals surface area contributed by atoms with Gasteiger partial charge in [-0.2, -0.15) is 0 Å². The molecule has 2 amide bonds. The molecule has 1 aliphatic rings. The van der Waals surface area contributed by atoms with Gasteiger partial charge in [0.15, 0.2) is 0 Å². The highest BCUT2D eigenvalue weighted by molar-refractivity contribution is 6.02. The van der Waals surface area contributed by atoms with Crippen molar-refractivity contribution in [3.63, 3.8) is 0 Å². The number of nitrogens with zero attached hydrogens (tertiary/aromatic N) is 2. The van der Waals surface area contributed by atoms with Crippen molar-refractivity contribution in [2.24, 2.45) is 5.92 Å². The Morgan fingerprint density at radius 2 is 1.83 bits per heavy atom. The second-order valence-corrected chi connectivity index (χ2v) is 6.22. The average molecular weight is 317 g/mol. The molecule has 126 valence electrons. The van der Waals surface area contributed by atoms with E-state index >= 15 is 0 Å². The SMILES string of the molecule is CCN(CC)C(=O)c1cc(NC(=O)C2CCC2)ccc1N(C)C. The van der Waals surface area contributed by atoms with Gasteiger partial charge in [0.1, 0.15) is 0 Å². The Labute approximate surface area is 138 Å². The first-order chi connectivity index (χ1) is 11.0. The summed E-state index contributed by atoms with van der Waals surface area (Å²) in [4.78, 5) is 28.6. The lowest BCUT2D eigenvalue weighted by Gasteiger charge is -2.26. The van der Waals surface area contributed by atoms with Crippen molar-refractivity contribution in [1.82, 2.24) is 4.90 Å². The molecular formula is C18H27N3O2. The minimum absolute atomic E-state index is 0.00144. The second kappa shape index (κ2) is 7.49. The molecule has 1 fully saturated rings. The van der Waals surface area contributed by atoms with Crippen LogP contribution in [0, 0.1) is 5.92 Å². The van der Waals surface area contributed by atoms with Gasteiger partial charge in [0.05, 0.1) is 5.56 Å². The first-order valence-electron chi connectivity index (χ1n) is 8.39. The standard InChI is InChI=1S/C18H27N3O2/c1-5-21(6-2)18(23)15-12-14(10-11-16(15)20(3)4)19-17(22)13-8-7-9-13/h10-13H,5-9H2,1-4H3,(H,19,22). The average Bonchev–Trinajstić information content (AvgIpc) is 2.46. The summed E-state index contributed by atoms with van der Waals surface area (Å²) >= 11 is 0. The summed E-state index contributed by atoms with van der Waals surface area (Å²) in [5.41, 5.74) is 2.19. The minimum atomic E-state index is -0.00144. The predicted octanol–water partition coefficient (Wildman–Crippen LogP) is 2.97. The fourth-order valence-corrected chi connectivity index (χ4v) is 2.77. The highest BCUT2D eigenvalue weighted by atomic mass is 16.2. The van der Waals surface area contributed by atoms with Crippen molar-refractivity contribution in [2.75, 3.05) is 37.4 Å². The maximum Gasteiger partial charge on any atom is 0.256 e. The Kier molecular flexibility index (Phi) is 5.64. The van der Waals surface area contributed by atoms with Crippen molar-refractivity contribution in [2.45, 2.75) is 33.1 Å². The van der Waals surface area contributed by atoms with E-state index in [1.807, 2.05) is 45.0 Å². The van der Waals surface area contributed by atoms with Crippen LogP contribution >= 0.6 is 0 Å². The molecule has 1 aromatic rings. The fourth-order valence-electron chi connectivity index (χ4n) is 2.77. The van der Waals surface area contributed by atoms with Gasteiger partial charge in [-0.15, -0.1) is 0 Å². The van der Waals surface area contributed by atoms with Gasteiger partial charge in [-0.3, -0.25) is 9.59 Å². The molecule has 0 aliphatic heterocycles. The normalized spacial score (nSPS) is 14.1. The topological polar surface area (TPSA) is 52.7 Å². The Bertz CT molecular complexity index is 576. The van der Waals surface area contributed by atoms with Crippen LogP contribution in [0.4, 0.5) is 11.4 Å². The molecule has 1 saturated carbocycles. The van der Waals surface area contributed by atoms with Crippen LogP contribution in [0.1, 0.15) is 43.5 Å². The summed E-state index contributed by atoms with van der Waals surface area (Å²) in [7, 11) is 3.84. The molecule has 0 radical (unpaired) electrons. The lowest BCUT2D eigenvalue weighted by molar-refractivity contribution is -0.122. The maximum absolute atomic E-state index is 12.8. The number of nitrogens with one attached hydrogen (secondary N) is 1. The van der Waals surface area contributed by atoms with Crippen LogP contribution in [-0.2, 0) is 4.79 Å². The molecule has 0 atom stereocenters. The van der Waals surface area contributed by atoms with Crippen LogP contribution in [-0.4, -0.2) is 43.9 Å². The molecule has 5 nitrogen and oxygen atoms in total. The van der Waals surface area contributed by atoms with Crippen molar-refractivity contribution >= 4 is 23.2 Å². The summed E-state index contributed by atoms with van der Waals surface area (Å²) in [5.74, 6) is 0.194. The molecule has 1 aromatic carbocycles. The van der Waals surface area contributed by atoms with E-state index in [0.717, 1.165) is 24.9 Å². The van der Waals surface area contributed by atoms with Gasteiger partial charge in [-0.25, -0.2) is 0 Å². The summed E-state index contributed by atoms with van der Waals surface area (Å²) in [6.07, 6.45) is 3.06. The van der Waals surface area contributed by atoms with E-state index in [2.05, 4.69) is 5.32 Å². The number of carbonyl (C=O) groups is 2. The quantitative estimate of drug-likeness (QED) is 0.877. The van der Waals surface area contributed by atoms with E-state index in [4.69, 9.17) is 0 Å². The molecular weight excluding hydrogens is 290 g/mol. The van der Waals surface area contributed by atoms with E-state index in [1.165, 1.54) is 0 Å². The summed E-state index contributed by atoms with van der Waals surface area (Å²) < 4.78 is 0. The molecule has 0 bridgehead atoms. The first kappa shape index (κ1) is 17.3. The van der Waals surface area contributed by atoms with Gasteiger partial charge in [-0.1, -0.05) is 6.42 Å². The van der Waals surface area contributed by atoms with E-state index in [-0.39, 0.29) is 17.7 Å². The molecule has 0 unspecified atom stereocenters. The van der Waals surface area contributed by atoms with E-state index < -0.39 is 0 Å². The monoisotopic (exact) mass is 317 g/mol. The number of rotatable bonds is 6. The van der Waals surface area contributed by atoms with Crippen molar-refractivity contribution in [1.29, 1.82) is 0 Å². The molecule has 5 heteroatoms. The van der Waals surface area contributed by atoms with Gasteiger partial charge >= 0.3 is 0 Å². The largest absolute Gasteiger partial charge is 0.377 e. The zero-order valence-corrected chi connectivity index (χ0v) is 14.6. The first-order valence-corrected chi connectivity index (χ1v) is 8.39. The molecule has 23 heavy (non-hydrogen) atoms. The molecule has 0 saturated heterocycles. The van der Waals surface area contributed by atoms with Gasteiger partial charge < -0.3 is 15.1 Å². The van der Waals surface area contributed by atoms with Crippen LogP contribution < -0.4 is 10.2 Å². The number of hydrogen-bond acceptors (Lipinski definition) is 3. The van der Waals surface area contributed by atoms with Gasteiger partial charge in [0, 0.05) is 44.5 Å². The predicted molar refractivity (Wildman–Crippen MR) is 94.0 cm³/mol. The maximum atomic E-state index is 12.8. The van der Waals surface area contributed by atoms with E-state index in [9.17, 15) is 9.59 Å². The molecule has 0 heterocycles. The Balaban J connectivity index is 2.27. The zero-order chi connectivity index (χ0) is 17.0. The van der Waals surface area contributed by atoms with E-state index in [0.29, 0.717) is 24.3 Å². The van der Waals surface area contributed by atoms with Crippen LogP contribution in [0.2, 0.25) is 0 Å². The Morgan fingerprint density at radius 3 is 2.30 bits per heavy atom. The number of hydrogen-bond donors (Lipinski definition) is 1. The summed E-state index contributed by atoms with van der Waals surface area (Å²) in [6, 6.07) is 5.56. The van der Waals surface area contributed by atoms with Gasteiger partial charge in [0.2, 0.25) is 5.91 Å². The molecule has 0 spiro atoms.